The molecule has 0 aliphatic heterocycles. The Labute approximate surface area is 117 Å². The first-order valence-corrected chi connectivity index (χ1v) is 7.26. The van der Waals surface area contributed by atoms with E-state index in [9.17, 15) is 17.6 Å². The number of rotatable bonds is 1. The van der Waals surface area contributed by atoms with E-state index in [2.05, 4.69) is 6.92 Å². The maximum Gasteiger partial charge on any atom is 0.279 e. The van der Waals surface area contributed by atoms with Crippen molar-refractivity contribution in [1.82, 2.24) is 0 Å². The molecule has 0 aromatic heterocycles. The Morgan fingerprint density at radius 3 is 2.40 bits per heavy atom. The summed E-state index contributed by atoms with van der Waals surface area (Å²) >= 11 is 0. The number of hydrogen-bond acceptors (Lipinski definition) is 0. The summed E-state index contributed by atoms with van der Waals surface area (Å²) in [5.41, 5.74) is -0.418. The zero-order valence-corrected chi connectivity index (χ0v) is 11.4. The Morgan fingerprint density at radius 1 is 1.10 bits per heavy atom. The van der Waals surface area contributed by atoms with Crippen molar-refractivity contribution < 1.29 is 19.0 Å². The standard InChI is InChI=1S/C16H18F4.H2/c1-9-2-4-10(5-3-9)12-8-11-6-7-13(17)15(18)14(11)16(12,19)20;/h6-7,9-10,12H,2-5,8H2,1H3;1H. The third-order valence-electron chi connectivity index (χ3n) is 5.05. The van der Waals surface area contributed by atoms with Crippen LogP contribution in [0.2, 0.25) is 0 Å². The van der Waals surface area contributed by atoms with Gasteiger partial charge in [-0.25, -0.2) is 17.6 Å². The van der Waals surface area contributed by atoms with E-state index in [0.29, 0.717) is 5.92 Å². The van der Waals surface area contributed by atoms with Gasteiger partial charge in [0.25, 0.3) is 5.92 Å². The van der Waals surface area contributed by atoms with Crippen LogP contribution in [0.5, 0.6) is 0 Å². The summed E-state index contributed by atoms with van der Waals surface area (Å²) in [5, 5.41) is 0. The first-order valence-electron chi connectivity index (χ1n) is 7.26. The summed E-state index contributed by atoms with van der Waals surface area (Å²) in [6.45, 7) is 2.13. The molecule has 1 saturated carbocycles. The predicted octanol–water partition coefficient (Wildman–Crippen LogP) is 5.30. The Balaban J connectivity index is 0.00000161. The van der Waals surface area contributed by atoms with Gasteiger partial charge in [-0.2, -0.15) is 0 Å². The minimum absolute atomic E-state index is 0. The Bertz CT molecular complexity index is 521. The number of benzene rings is 1. The molecule has 0 nitrogen and oxygen atoms in total. The second-order valence-electron chi connectivity index (χ2n) is 6.35. The molecule has 1 fully saturated rings. The number of hydrogen-bond donors (Lipinski definition) is 0. The Hall–Kier alpha value is -1.06. The van der Waals surface area contributed by atoms with Gasteiger partial charge in [0.1, 0.15) is 0 Å². The van der Waals surface area contributed by atoms with Gasteiger partial charge >= 0.3 is 0 Å². The van der Waals surface area contributed by atoms with Crippen molar-refractivity contribution in [3.05, 3.63) is 34.9 Å². The molecule has 20 heavy (non-hydrogen) atoms. The van der Waals surface area contributed by atoms with E-state index >= 15 is 0 Å². The fourth-order valence-electron chi connectivity index (χ4n) is 3.82. The molecule has 1 atom stereocenters. The molecule has 2 aliphatic carbocycles. The monoisotopic (exact) mass is 288 g/mol. The van der Waals surface area contributed by atoms with Crippen molar-refractivity contribution in [3.63, 3.8) is 0 Å². The average molecular weight is 288 g/mol. The van der Waals surface area contributed by atoms with Crippen LogP contribution in [0, 0.1) is 29.4 Å². The number of alkyl halides is 2. The van der Waals surface area contributed by atoms with Crippen LogP contribution in [0.15, 0.2) is 12.1 Å². The van der Waals surface area contributed by atoms with E-state index in [-0.39, 0.29) is 19.3 Å². The van der Waals surface area contributed by atoms with Crippen LogP contribution in [0.1, 0.15) is 45.2 Å². The van der Waals surface area contributed by atoms with Gasteiger partial charge in [0.05, 0.1) is 5.56 Å². The summed E-state index contributed by atoms with van der Waals surface area (Å²) in [5.74, 6) is -6.16. The molecule has 0 heterocycles. The van der Waals surface area contributed by atoms with Crippen LogP contribution < -0.4 is 0 Å². The van der Waals surface area contributed by atoms with Crippen molar-refractivity contribution in [1.29, 1.82) is 0 Å². The van der Waals surface area contributed by atoms with Gasteiger partial charge in [-0.15, -0.1) is 0 Å². The van der Waals surface area contributed by atoms with Gasteiger partial charge in [-0.1, -0.05) is 25.8 Å². The van der Waals surface area contributed by atoms with Gasteiger partial charge in [-0.05, 0) is 42.7 Å². The second-order valence-corrected chi connectivity index (χ2v) is 6.35. The molecule has 112 valence electrons. The molecular weight excluding hydrogens is 268 g/mol. The molecule has 0 spiro atoms. The molecule has 1 unspecified atom stereocenters. The summed E-state index contributed by atoms with van der Waals surface area (Å²) in [7, 11) is 0. The average Bonchev–Trinajstić information content (AvgIpc) is 2.67. The summed E-state index contributed by atoms with van der Waals surface area (Å²) in [6, 6.07) is 2.27. The molecule has 1 aromatic carbocycles. The lowest BCUT2D eigenvalue weighted by Gasteiger charge is -2.33. The molecule has 0 radical (unpaired) electrons. The summed E-state index contributed by atoms with van der Waals surface area (Å²) in [4.78, 5) is 0. The van der Waals surface area contributed by atoms with Crippen LogP contribution in [-0.2, 0) is 12.3 Å². The fraction of sp³-hybridized carbons (Fsp3) is 0.625. The van der Waals surface area contributed by atoms with Gasteiger partial charge in [-0.3, -0.25) is 0 Å². The topological polar surface area (TPSA) is 0 Å². The lowest BCUT2D eigenvalue weighted by atomic mass is 9.74. The minimum Gasteiger partial charge on any atom is -0.204 e. The van der Waals surface area contributed by atoms with E-state index in [1.807, 2.05) is 0 Å². The van der Waals surface area contributed by atoms with Crippen LogP contribution >= 0.6 is 0 Å². The van der Waals surface area contributed by atoms with E-state index < -0.39 is 29.0 Å². The quantitative estimate of drug-likeness (QED) is 0.615. The first-order chi connectivity index (χ1) is 9.41. The van der Waals surface area contributed by atoms with Crippen LogP contribution in [0.3, 0.4) is 0 Å². The molecular formula is C16H20F4. The molecule has 0 N–H and O–H groups in total. The fourth-order valence-corrected chi connectivity index (χ4v) is 3.82. The smallest absolute Gasteiger partial charge is 0.204 e. The van der Waals surface area contributed by atoms with Gasteiger partial charge in [0, 0.05) is 7.34 Å². The van der Waals surface area contributed by atoms with Crippen molar-refractivity contribution in [2.45, 2.75) is 45.0 Å². The van der Waals surface area contributed by atoms with Crippen LogP contribution in [-0.4, -0.2) is 0 Å². The molecule has 4 heteroatoms. The maximum absolute atomic E-state index is 14.5. The number of halogens is 4. The van der Waals surface area contributed by atoms with Crippen molar-refractivity contribution in [3.8, 4) is 0 Å². The normalized spacial score (nSPS) is 32.1. The molecule has 0 amide bonds. The van der Waals surface area contributed by atoms with Crippen molar-refractivity contribution in [2.75, 3.05) is 0 Å². The molecule has 0 saturated heterocycles. The molecule has 3 rings (SSSR count). The Morgan fingerprint density at radius 2 is 1.75 bits per heavy atom. The summed E-state index contributed by atoms with van der Waals surface area (Å²) < 4.78 is 56.0. The van der Waals surface area contributed by atoms with Gasteiger partial charge < -0.3 is 0 Å². The number of fused-ring (bicyclic) bond motifs is 1. The summed E-state index contributed by atoms with van der Waals surface area (Å²) in [6.07, 6.45) is 3.59. The van der Waals surface area contributed by atoms with Crippen molar-refractivity contribution >= 4 is 0 Å². The molecule has 2 aliphatic rings. The van der Waals surface area contributed by atoms with E-state index in [4.69, 9.17) is 0 Å². The first kappa shape index (κ1) is 13.9. The third-order valence-corrected chi connectivity index (χ3v) is 5.05. The van der Waals surface area contributed by atoms with Crippen LogP contribution in [0.25, 0.3) is 0 Å². The largest absolute Gasteiger partial charge is 0.279 e. The zero-order chi connectivity index (χ0) is 14.5. The molecule has 0 bridgehead atoms. The van der Waals surface area contributed by atoms with Crippen LogP contribution in [0.4, 0.5) is 17.6 Å². The highest BCUT2D eigenvalue weighted by Crippen LogP contribution is 2.53. The highest BCUT2D eigenvalue weighted by Gasteiger charge is 2.53. The van der Waals surface area contributed by atoms with E-state index in [0.717, 1.165) is 31.7 Å². The third kappa shape index (κ3) is 2.04. The Kier molecular flexibility index (Phi) is 3.30. The SMILES string of the molecule is CC1CCC(C2Cc3ccc(F)c(F)c3C2(F)F)CC1.[HH]. The second kappa shape index (κ2) is 4.74. The minimum atomic E-state index is -3.24. The lowest BCUT2D eigenvalue weighted by molar-refractivity contribution is -0.0839. The van der Waals surface area contributed by atoms with Crippen molar-refractivity contribution in [2.24, 2.45) is 17.8 Å². The van der Waals surface area contributed by atoms with Gasteiger partial charge in [0.2, 0.25) is 0 Å². The maximum atomic E-state index is 14.5. The van der Waals surface area contributed by atoms with Gasteiger partial charge in [0.15, 0.2) is 11.6 Å². The molecule has 1 aromatic rings. The zero-order valence-electron chi connectivity index (χ0n) is 11.4. The lowest BCUT2D eigenvalue weighted by Crippen LogP contribution is -2.31. The highest BCUT2D eigenvalue weighted by molar-refractivity contribution is 5.39. The highest BCUT2D eigenvalue weighted by atomic mass is 19.3. The van der Waals surface area contributed by atoms with E-state index in [1.54, 1.807) is 0 Å². The predicted molar refractivity (Wildman–Crippen MR) is 70.7 cm³/mol. The van der Waals surface area contributed by atoms with E-state index in [1.165, 1.54) is 6.07 Å².